The summed E-state index contributed by atoms with van der Waals surface area (Å²) >= 11 is 4.87. The molecule has 7 heteroatoms. The van der Waals surface area contributed by atoms with E-state index in [2.05, 4.69) is 20.0 Å². The maximum absolute atomic E-state index is 11.8. The van der Waals surface area contributed by atoms with Crippen LogP contribution in [0.1, 0.15) is 25.6 Å². The number of nitrogens with zero attached hydrogens (tertiary/aromatic N) is 2. The standard InChI is InChI=1S/C10H16N4O2S/c1-2-3-7(9(11)17)10(15)12-5-4-8-13-6-16-14-8/h6-7H,2-5H2,1H3,(H2,11,17)(H,12,15). The van der Waals surface area contributed by atoms with E-state index in [-0.39, 0.29) is 16.8 Å². The molecule has 1 atom stereocenters. The molecule has 1 aromatic rings. The van der Waals surface area contributed by atoms with Gasteiger partial charge in [-0.1, -0.05) is 30.7 Å². The summed E-state index contributed by atoms with van der Waals surface area (Å²) in [4.78, 5) is 15.8. The van der Waals surface area contributed by atoms with Crippen LogP contribution >= 0.6 is 12.2 Å². The molecule has 6 nitrogen and oxygen atoms in total. The summed E-state index contributed by atoms with van der Waals surface area (Å²) in [6.45, 7) is 2.43. The summed E-state index contributed by atoms with van der Waals surface area (Å²) in [6.07, 6.45) is 3.31. The summed E-state index contributed by atoms with van der Waals surface area (Å²) < 4.78 is 4.58. The lowest BCUT2D eigenvalue weighted by Crippen LogP contribution is -2.38. The second-order valence-electron chi connectivity index (χ2n) is 3.63. The second kappa shape index (κ2) is 6.95. The van der Waals surface area contributed by atoms with E-state index in [1.54, 1.807) is 0 Å². The molecule has 17 heavy (non-hydrogen) atoms. The zero-order valence-electron chi connectivity index (χ0n) is 9.68. The van der Waals surface area contributed by atoms with Gasteiger partial charge >= 0.3 is 0 Å². The Balaban J connectivity index is 2.34. The smallest absolute Gasteiger partial charge is 0.229 e. The molecular formula is C10H16N4O2S. The molecule has 0 radical (unpaired) electrons. The Labute approximate surface area is 105 Å². The van der Waals surface area contributed by atoms with Crippen LogP contribution < -0.4 is 11.1 Å². The average molecular weight is 256 g/mol. The first-order valence-electron chi connectivity index (χ1n) is 5.47. The third kappa shape index (κ3) is 4.48. The Bertz CT molecular complexity index is 366. The fraction of sp³-hybridized carbons (Fsp3) is 0.600. The van der Waals surface area contributed by atoms with Gasteiger partial charge in [0.25, 0.3) is 0 Å². The van der Waals surface area contributed by atoms with Gasteiger partial charge in [-0.05, 0) is 6.42 Å². The molecule has 0 saturated carbocycles. The van der Waals surface area contributed by atoms with Gasteiger partial charge in [0.2, 0.25) is 12.3 Å². The summed E-state index contributed by atoms with van der Waals surface area (Å²) in [6, 6.07) is 0. The van der Waals surface area contributed by atoms with Crippen molar-refractivity contribution in [1.29, 1.82) is 0 Å². The number of rotatable bonds is 7. The highest BCUT2D eigenvalue weighted by molar-refractivity contribution is 7.80. The van der Waals surface area contributed by atoms with Gasteiger partial charge in [-0.25, -0.2) is 0 Å². The van der Waals surface area contributed by atoms with Gasteiger partial charge in [0.1, 0.15) is 0 Å². The second-order valence-corrected chi connectivity index (χ2v) is 4.10. The third-order valence-corrected chi connectivity index (χ3v) is 2.58. The van der Waals surface area contributed by atoms with Gasteiger partial charge in [-0.3, -0.25) is 4.79 Å². The number of hydrogen-bond acceptors (Lipinski definition) is 5. The fourth-order valence-corrected chi connectivity index (χ4v) is 1.64. The maximum Gasteiger partial charge on any atom is 0.229 e. The lowest BCUT2D eigenvalue weighted by Gasteiger charge is -2.13. The van der Waals surface area contributed by atoms with Gasteiger partial charge in [0.15, 0.2) is 5.82 Å². The molecule has 0 aliphatic rings. The van der Waals surface area contributed by atoms with Crippen molar-refractivity contribution in [2.45, 2.75) is 26.2 Å². The molecule has 94 valence electrons. The van der Waals surface area contributed by atoms with E-state index >= 15 is 0 Å². The minimum absolute atomic E-state index is 0.136. The lowest BCUT2D eigenvalue weighted by molar-refractivity contribution is -0.123. The van der Waals surface area contributed by atoms with E-state index in [9.17, 15) is 4.79 Å². The molecule has 1 amide bonds. The van der Waals surface area contributed by atoms with Crippen molar-refractivity contribution in [3.63, 3.8) is 0 Å². The molecule has 0 bridgehead atoms. The van der Waals surface area contributed by atoms with Crippen LogP contribution in [-0.4, -0.2) is 27.6 Å². The molecule has 0 aliphatic heterocycles. The van der Waals surface area contributed by atoms with E-state index < -0.39 is 0 Å². The molecule has 1 aromatic heterocycles. The van der Waals surface area contributed by atoms with Crippen LogP contribution in [0.5, 0.6) is 0 Å². The van der Waals surface area contributed by atoms with Crippen LogP contribution in [0, 0.1) is 5.92 Å². The van der Waals surface area contributed by atoms with Crippen molar-refractivity contribution >= 4 is 23.1 Å². The normalized spacial score (nSPS) is 12.1. The summed E-state index contributed by atoms with van der Waals surface area (Å²) in [5, 5.41) is 6.40. The Hall–Kier alpha value is -1.50. The molecule has 0 aliphatic carbocycles. The summed E-state index contributed by atoms with van der Waals surface area (Å²) in [5.41, 5.74) is 5.52. The minimum atomic E-state index is -0.389. The monoisotopic (exact) mass is 256 g/mol. The van der Waals surface area contributed by atoms with Crippen molar-refractivity contribution in [3.05, 3.63) is 12.2 Å². The van der Waals surface area contributed by atoms with Crippen LogP contribution in [0.15, 0.2) is 10.9 Å². The quantitative estimate of drug-likeness (QED) is 0.687. The first-order chi connectivity index (χ1) is 8.15. The highest BCUT2D eigenvalue weighted by Crippen LogP contribution is 2.06. The fourth-order valence-electron chi connectivity index (χ4n) is 1.41. The molecule has 0 aromatic carbocycles. The molecule has 0 fully saturated rings. The van der Waals surface area contributed by atoms with Gasteiger partial charge in [-0.2, -0.15) is 4.98 Å². The Kier molecular flexibility index (Phi) is 5.55. The average Bonchev–Trinajstić information content (AvgIpc) is 2.78. The molecule has 0 spiro atoms. The predicted molar refractivity (Wildman–Crippen MR) is 66.2 cm³/mol. The van der Waals surface area contributed by atoms with Crippen LogP contribution in [0.25, 0.3) is 0 Å². The van der Waals surface area contributed by atoms with Gasteiger partial charge in [-0.15, -0.1) is 0 Å². The van der Waals surface area contributed by atoms with Crippen molar-refractivity contribution in [1.82, 2.24) is 15.5 Å². The number of aromatic nitrogens is 2. The highest BCUT2D eigenvalue weighted by Gasteiger charge is 2.19. The maximum atomic E-state index is 11.8. The Morgan fingerprint density at radius 1 is 1.71 bits per heavy atom. The first kappa shape index (κ1) is 13.6. The lowest BCUT2D eigenvalue weighted by atomic mass is 10.0. The highest BCUT2D eigenvalue weighted by atomic mass is 32.1. The number of carbonyl (C=O) groups excluding carboxylic acids is 1. The molecule has 3 N–H and O–H groups in total. The number of amides is 1. The number of nitrogens with two attached hydrogens (primary N) is 1. The first-order valence-corrected chi connectivity index (χ1v) is 5.88. The number of nitrogens with one attached hydrogen (secondary N) is 1. The molecule has 0 saturated heterocycles. The third-order valence-electron chi connectivity index (χ3n) is 2.29. The molecular weight excluding hydrogens is 240 g/mol. The predicted octanol–water partition coefficient (Wildman–Crippen LogP) is 0.431. The molecule has 1 unspecified atom stereocenters. The largest absolute Gasteiger partial charge is 0.393 e. The van der Waals surface area contributed by atoms with Crippen molar-refractivity contribution < 1.29 is 9.32 Å². The van der Waals surface area contributed by atoms with Gasteiger partial charge in [0, 0.05) is 13.0 Å². The SMILES string of the molecule is CCCC(C(=O)NCCc1ncon1)C(N)=S. The molecule has 1 rings (SSSR count). The summed E-state index contributed by atoms with van der Waals surface area (Å²) in [5.74, 6) is 0.0378. The summed E-state index contributed by atoms with van der Waals surface area (Å²) in [7, 11) is 0. The van der Waals surface area contributed by atoms with Crippen molar-refractivity contribution in [2.24, 2.45) is 11.7 Å². The number of thiocarbonyl (C=S) groups is 1. The van der Waals surface area contributed by atoms with Crippen LogP contribution in [0.4, 0.5) is 0 Å². The van der Waals surface area contributed by atoms with E-state index in [0.29, 0.717) is 25.2 Å². The Morgan fingerprint density at radius 2 is 2.47 bits per heavy atom. The van der Waals surface area contributed by atoms with Gasteiger partial charge in [0.05, 0.1) is 10.9 Å². The zero-order chi connectivity index (χ0) is 12.7. The van der Waals surface area contributed by atoms with E-state index in [0.717, 1.165) is 6.42 Å². The van der Waals surface area contributed by atoms with Crippen LogP contribution in [0.2, 0.25) is 0 Å². The number of carbonyl (C=O) groups is 1. The van der Waals surface area contributed by atoms with Crippen LogP contribution in [-0.2, 0) is 11.2 Å². The zero-order valence-corrected chi connectivity index (χ0v) is 10.5. The topological polar surface area (TPSA) is 94.0 Å². The van der Waals surface area contributed by atoms with E-state index in [1.165, 1.54) is 6.39 Å². The minimum Gasteiger partial charge on any atom is -0.393 e. The molecule has 1 heterocycles. The van der Waals surface area contributed by atoms with Crippen LogP contribution in [0.3, 0.4) is 0 Å². The van der Waals surface area contributed by atoms with Crippen molar-refractivity contribution in [3.8, 4) is 0 Å². The van der Waals surface area contributed by atoms with Crippen molar-refractivity contribution in [2.75, 3.05) is 6.54 Å². The van der Waals surface area contributed by atoms with Gasteiger partial charge < -0.3 is 15.6 Å². The van der Waals surface area contributed by atoms with E-state index in [4.69, 9.17) is 18.0 Å². The van der Waals surface area contributed by atoms with E-state index in [1.807, 2.05) is 6.92 Å². The number of hydrogen-bond donors (Lipinski definition) is 2. The Morgan fingerprint density at radius 3 is 3.00 bits per heavy atom.